The Morgan fingerprint density at radius 3 is 3.00 bits per heavy atom. The van der Waals surface area contributed by atoms with E-state index in [0.29, 0.717) is 18.8 Å². The van der Waals surface area contributed by atoms with Crippen molar-refractivity contribution in [2.24, 2.45) is 0 Å². The van der Waals surface area contributed by atoms with Crippen molar-refractivity contribution >= 4 is 5.97 Å². The Balaban J connectivity index is 2.48. The number of hydrogen-bond acceptors (Lipinski definition) is 4. The zero-order chi connectivity index (χ0) is 12.0. The number of aromatic nitrogens is 1. The van der Waals surface area contributed by atoms with Crippen LogP contribution in [0.25, 0.3) is 0 Å². The maximum absolute atomic E-state index is 10.7. The highest BCUT2D eigenvalue weighted by atomic mass is 16.5. The molecule has 1 aromatic rings. The fraction of sp³-hybridized carbons (Fsp3) is 0.455. The number of nitrogens with zero attached hydrogens (tertiary/aromatic N) is 1. The Morgan fingerprint density at radius 2 is 2.38 bits per heavy atom. The summed E-state index contributed by atoms with van der Waals surface area (Å²) in [4.78, 5) is 14.7. The molecule has 0 radical (unpaired) electrons. The fourth-order valence-corrected chi connectivity index (χ4v) is 1.18. The van der Waals surface area contributed by atoms with Gasteiger partial charge in [0, 0.05) is 20.2 Å². The third-order valence-electron chi connectivity index (χ3n) is 2.17. The van der Waals surface area contributed by atoms with E-state index in [0.717, 1.165) is 0 Å². The smallest absolute Gasteiger partial charge is 0.354 e. The molecule has 88 valence electrons. The quantitative estimate of drug-likeness (QED) is 0.751. The van der Waals surface area contributed by atoms with Crippen molar-refractivity contribution in [1.82, 2.24) is 10.3 Å². The molecule has 5 heteroatoms. The van der Waals surface area contributed by atoms with Crippen LogP contribution < -0.4 is 5.32 Å². The van der Waals surface area contributed by atoms with Gasteiger partial charge in [-0.15, -0.1) is 0 Å². The molecule has 0 saturated carbocycles. The van der Waals surface area contributed by atoms with Gasteiger partial charge in [-0.3, -0.25) is 0 Å². The fourth-order valence-electron chi connectivity index (χ4n) is 1.18. The standard InChI is InChI=1S/C11H16N2O3/c1-8(16-2)6-12-7-9-4-3-5-10(13-9)11(14)15/h3-5,8,12H,6-7H2,1-2H3,(H,14,15). The van der Waals surface area contributed by atoms with Crippen LogP contribution in [0.5, 0.6) is 0 Å². The number of carbonyl (C=O) groups is 1. The molecule has 2 N–H and O–H groups in total. The lowest BCUT2D eigenvalue weighted by molar-refractivity contribution is 0.0690. The van der Waals surface area contributed by atoms with Crippen molar-refractivity contribution < 1.29 is 14.6 Å². The summed E-state index contributed by atoms with van der Waals surface area (Å²) in [5, 5.41) is 11.9. The lowest BCUT2D eigenvalue weighted by atomic mass is 10.3. The van der Waals surface area contributed by atoms with Crippen LogP contribution in [0.15, 0.2) is 18.2 Å². The number of rotatable bonds is 6. The van der Waals surface area contributed by atoms with Crippen molar-refractivity contribution in [3.8, 4) is 0 Å². The van der Waals surface area contributed by atoms with Gasteiger partial charge in [0.2, 0.25) is 0 Å². The van der Waals surface area contributed by atoms with Gasteiger partial charge in [-0.1, -0.05) is 6.07 Å². The summed E-state index contributed by atoms with van der Waals surface area (Å²) in [7, 11) is 1.65. The molecule has 0 bridgehead atoms. The second-order valence-corrected chi connectivity index (χ2v) is 3.50. The van der Waals surface area contributed by atoms with Gasteiger partial charge < -0.3 is 15.2 Å². The Bertz CT molecular complexity index is 355. The van der Waals surface area contributed by atoms with E-state index >= 15 is 0 Å². The predicted molar refractivity (Wildman–Crippen MR) is 59.4 cm³/mol. The first-order chi connectivity index (χ1) is 7.63. The number of carboxylic acids is 1. The number of aromatic carboxylic acids is 1. The molecule has 0 aliphatic heterocycles. The second kappa shape index (κ2) is 6.19. The van der Waals surface area contributed by atoms with E-state index in [-0.39, 0.29) is 11.8 Å². The average Bonchev–Trinajstić information content (AvgIpc) is 2.29. The molecule has 0 saturated heterocycles. The van der Waals surface area contributed by atoms with Gasteiger partial charge in [0.15, 0.2) is 0 Å². The molecule has 0 aliphatic rings. The molecule has 16 heavy (non-hydrogen) atoms. The first-order valence-electron chi connectivity index (χ1n) is 5.06. The molecular weight excluding hydrogens is 208 g/mol. The molecule has 0 aliphatic carbocycles. The zero-order valence-electron chi connectivity index (χ0n) is 9.43. The van der Waals surface area contributed by atoms with Gasteiger partial charge in [0.25, 0.3) is 0 Å². The molecule has 1 rings (SSSR count). The SMILES string of the molecule is COC(C)CNCc1cccc(C(=O)O)n1. The number of nitrogens with one attached hydrogen (secondary N) is 1. The van der Waals surface area contributed by atoms with Crippen LogP contribution in [0.1, 0.15) is 23.1 Å². The Morgan fingerprint density at radius 1 is 1.62 bits per heavy atom. The van der Waals surface area contributed by atoms with Crippen molar-refractivity contribution in [3.63, 3.8) is 0 Å². The van der Waals surface area contributed by atoms with E-state index in [4.69, 9.17) is 9.84 Å². The summed E-state index contributed by atoms with van der Waals surface area (Å²) >= 11 is 0. The Labute approximate surface area is 94.5 Å². The first-order valence-corrected chi connectivity index (χ1v) is 5.06. The highest BCUT2D eigenvalue weighted by molar-refractivity contribution is 5.85. The minimum absolute atomic E-state index is 0.0686. The first kappa shape index (κ1) is 12.6. The van der Waals surface area contributed by atoms with Crippen molar-refractivity contribution in [2.75, 3.05) is 13.7 Å². The van der Waals surface area contributed by atoms with Gasteiger partial charge in [0.1, 0.15) is 5.69 Å². The van der Waals surface area contributed by atoms with E-state index < -0.39 is 5.97 Å². The number of hydrogen-bond donors (Lipinski definition) is 2. The summed E-state index contributed by atoms with van der Waals surface area (Å²) < 4.78 is 5.07. The van der Waals surface area contributed by atoms with E-state index in [1.54, 1.807) is 19.2 Å². The van der Waals surface area contributed by atoms with Gasteiger partial charge in [0.05, 0.1) is 11.8 Å². The predicted octanol–water partition coefficient (Wildman–Crippen LogP) is 0.904. The van der Waals surface area contributed by atoms with Crippen LogP contribution in [0, 0.1) is 0 Å². The molecule has 5 nitrogen and oxygen atoms in total. The minimum Gasteiger partial charge on any atom is -0.477 e. The summed E-state index contributed by atoms with van der Waals surface area (Å²) in [6.07, 6.45) is 0.127. The summed E-state index contributed by atoms with van der Waals surface area (Å²) in [6, 6.07) is 4.95. The number of ether oxygens (including phenoxy) is 1. The molecule has 0 aromatic carbocycles. The van der Waals surface area contributed by atoms with Crippen molar-refractivity contribution in [2.45, 2.75) is 19.6 Å². The molecule has 1 atom stereocenters. The largest absolute Gasteiger partial charge is 0.477 e. The molecule has 0 spiro atoms. The highest BCUT2D eigenvalue weighted by Gasteiger charge is 2.05. The summed E-state index contributed by atoms with van der Waals surface area (Å²) in [5.41, 5.74) is 0.780. The van der Waals surface area contributed by atoms with Crippen molar-refractivity contribution in [3.05, 3.63) is 29.6 Å². The van der Waals surface area contributed by atoms with E-state index in [2.05, 4.69) is 10.3 Å². The maximum atomic E-state index is 10.7. The third-order valence-corrected chi connectivity index (χ3v) is 2.17. The van der Waals surface area contributed by atoms with E-state index in [9.17, 15) is 4.79 Å². The minimum atomic E-state index is -1.01. The molecule has 0 fully saturated rings. The summed E-state index contributed by atoms with van der Waals surface area (Å²) in [6.45, 7) is 3.19. The van der Waals surface area contributed by atoms with E-state index in [1.165, 1.54) is 6.07 Å². The van der Waals surface area contributed by atoms with Crippen LogP contribution in [0.4, 0.5) is 0 Å². The zero-order valence-corrected chi connectivity index (χ0v) is 9.43. The van der Waals surface area contributed by atoms with Gasteiger partial charge in [-0.05, 0) is 19.1 Å². The van der Waals surface area contributed by atoms with Gasteiger partial charge in [-0.25, -0.2) is 9.78 Å². The van der Waals surface area contributed by atoms with Crippen LogP contribution in [-0.2, 0) is 11.3 Å². The second-order valence-electron chi connectivity index (χ2n) is 3.50. The number of methoxy groups -OCH3 is 1. The topological polar surface area (TPSA) is 71.5 Å². The van der Waals surface area contributed by atoms with Crippen molar-refractivity contribution in [1.29, 1.82) is 0 Å². The third kappa shape index (κ3) is 3.96. The lowest BCUT2D eigenvalue weighted by Gasteiger charge is -2.10. The van der Waals surface area contributed by atoms with Crippen LogP contribution in [0.2, 0.25) is 0 Å². The molecular formula is C11H16N2O3. The molecule has 1 heterocycles. The van der Waals surface area contributed by atoms with Crippen LogP contribution >= 0.6 is 0 Å². The van der Waals surface area contributed by atoms with Gasteiger partial charge in [-0.2, -0.15) is 0 Å². The van der Waals surface area contributed by atoms with Crippen LogP contribution in [0.3, 0.4) is 0 Å². The van der Waals surface area contributed by atoms with E-state index in [1.807, 2.05) is 6.92 Å². The highest BCUT2D eigenvalue weighted by Crippen LogP contribution is 1.99. The van der Waals surface area contributed by atoms with Gasteiger partial charge >= 0.3 is 5.97 Å². The maximum Gasteiger partial charge on any atom is 0.354 e. The monoisotopic (exact) mass is 224 g/mol. The normalized spacial score (nSPS) is 12.4. The lowest BCUT2D eigenvalue weighted by Crippen LogP contribution is -2.26. The average molecular weight is 224 g/mol. The Hall–Kier alpha value is -1.46. The Kier molecular flexibility index (Phi) is 4.88. The molecule has 0 amide bonds. The molecule has 1 unspecified atom stereocenters. The summed E-state index contributed by atoms with van der Waals surface area (Å²) in [5.74, 6) is -1.01. The van der Waals surface area contributed by atoms with Crippen LogP contribution in [-0.4, -0.2) is 35.8 Å². The number of pyridine rings is 1. The number of carboxylic acid groups (broad SMARTS) is 1. The molecule has 1 aromatic heterocycles.